The average Bonchev–Trinajstić information content (AvgIpc) is 2.71. The van der Waals surface area contributed by atoms with Crippen molar-refractivity contribution < 1.29 is 0 Å². The first kappa shape index (κ1) is 14.5. The Hall–Kier alpha value is -0.450. The number of aromatic nitrogens is 3. The molecule has 0 radical (unpaired) electrons. The molecule has 2 aromatic rings. The molecule has 0 N–H and O–H groups in total. The summed E-state index contributed by atoms with van der Waals surface area (Å²) in [5.41, 5.74) is 1.72. The third-order valence-electron chi connectivity index (χ3n) is 4.08. The minimum absolute atomic E-state index is 0.137. The summed E-state index contributed by atoms with van der Waals surface area (Å²) in [4.78, 5) is 9.09. The maximum atomic E-state index is 6.30. The summed E-state index contributed by atoms with van der Waals surface area (Å²) < 4.78 is 2.49. The predicted molar refractivity (Wildman–Crippen MR) is 86.9 cm³/mol. The molecular weight excluding hydrogens is 313 g/mol. The van der Waals surface area contributed by atoms with Gasteiger partial charge in [-0.1, -0.05) is 18.0 Å². The van der Waals surface area contributed by atoms with E-state index in [9.17, 15) is 0 Å². The SMILES string of the molecule is CSC1(Cn2c(C(C)Cl)nc3cc(Cl)cnc32)CCC1. The van der Waals surface area contributed by atoms with Gasteiger partial charge in [-0.05, 0) is 32.1 Å². The molecule has 0 aromatic carbocycles. The number of pyridine rings is 1. The molecule has 1 aliphatic carbocycles. The molecule has 2 heterocycles. The van der Waals surface area contributed by atoms with E-state index in [2.05, 4.69) is 20.8 Å². The topological polar surface area (TPSA) is 30.7 Å². The molecule has 0 bridgehead atoms. The lowest BCUT2D eigenvalue weighted by atomic mass is 9.84. The molecule has 3 rings (SSSR count). The molecular formula is C14H17Cl2N3S. The Morgan fingerprint density at radius 1 is 1.50 bits per heavy atom. The van der Waals surface area contributed by atoms with Crippen LogP contribution in [0.15, 0.2) is 12.3 Å². The van der Waals surface area contributed by atoms with E-state index in [0.29, 0.717) is 9.77 Å². The van der Waals surface area contributed by atoms with Crippen molar-refractivity contribution in [2.75, 3.05) is 6.26 Å². The van der Waals surface area contributed by atoms with Crippen molar-refractivity contribution in [1.29, 1.82) is 0 Å². The highest BCUT2D eigenvalue weighted by Crippen LogP contribution is 2.45. The highest BCUT2D eigenvalue weighted by Gasteiger charge is 2.37. The monoisotopic (exact) mass is 329 g/mol. The maximum Gasteiger partial charge on any atom is 0.160 e. The van der Waals surface area contributed by atoms with Gasteiger partial charge in [0, 0.05) is 17.5 Å². The second-order valence-corrected chi connectivity index (χ2v) is 7.77. The minimum Gasteiger partial charge on any atom is -0.310 e. The quantitative estimate of drug-likeness (QED) is 0.763. The number of fused-ring (bicyclic) bond motifs is 1. The average molecular weight is 330 g/mol. The van der Waals surface area contributed by atoms with Crippen LogP contribution in [-0.2, 0) is 6.54 Å². The van der Waals surface area contributed by atoms with Crippen LogP contribution in [0.1, 0.15) is 37.4 Å². The first-order valence-corrected chi connectivity index (χ1v) is 8.79. The zero-order valence-corrected chi connectivity index (χ0v) is 13.9. The van der Waals surface area contributed by atoms with Gasteiger partial charge < -0.3 is 4.57 Å². The van der Waals surface area contributed by atoms with Crippen LogP contribution in [0.25, 0.3) is 11.2 Å². The summed E-state index contributed by atoms with van der Waals surface area (Å²) in [5, 5.41) is 0.473. The predicted octanol–water partition coefficient (Wildman–Crippen LogP) is 4.67. The van der Waals surface area contributed by atoms with Crippen LogP contribution in [0.2, 0.25) is 5.02 Å². The van der Waals surface area contributed by atoms with Crippen LogP contribution in [0, 0.1) is 0 Å². The van der Waals surface area contributed by atoms with E-state index in [1.165, 1.54) is 19.3 Å². The Bertz CT molecular complexity index is 629. The molecule has 0 aliphatic heterocycles. The van der Waals surface area contributed by atoms with Crippen LogP contribution in [0.5, 0.6) is 0 Å². The molecule has 1 aliphatic rings. The van der Waals surface area contributed by atoms with Crippen LogP contribution >= 0.6 is 35.0 Å². The summed E-state index contributed by atoms with van der Waals surface area (Å²) in [5.74, 6) is 0.886. The van der Waals surface area contributed by atoms with Crippen molar-refractivity contribution in [3.63, 3.8) is 0 Å². The first-order valence-electron chi connectivity index (χ1n) is 6.75. The van der Waals surface area contributed by atoms with E-state index in [4.69, 9.17) is 23.2 Å². The number of hydrogen-bond acceptors (Lipinski definition) is 3. The van der Waals surface area contributed by atoms with Gasteiger partial charge in [-0.15, -0.1) is 11.6 Å². The number of alkyl halides is 1. The Morgan fingerprint density at radius 2 is 2.25 bits per heavy atom. The van der Waals surface area contributed by atoms with Gasteiger partial charge in [0.15, 0.2) is 5.65 Å². The fraction of sp³-hybridized carbons (Fsp3) is 0.571. The molecule has 20 heavy (non-hydrogen) atoms. The molecule has 108 valence electrons. The number of hydrogen-bond donors (Lipinski definition) is 0. The molecule has 0 amide bonds. The molecule has 1 fully saturated rings. The van der Waals surface area contributed by atoms with Crippen molar-refractivity contribution in [3.8, 4) is 0 Å². The molecule has 2 aromatic heterocycles. The zero-order valence-electron chi connectivity index (χ0n) is 11.6. The Morgan fingerprint density at radius 3 is 2.80 bits per heavy atom. The van der Waals surface area contributed by atoms with Crippen LogP contribution < -0.4 is 0 Å². The maximum absolute atomic E-state index is 6.30. The molecule has 1 unspecified atom stereocenters. The highest BCUT2D eigenvalue weighted by molar-refractivity contribution is 8.00. The Labute approximate surface area is 133 Å². The number of nitrogens with zero attached hydrogens (tertiary/aromatic N) is 3. The molecule has 0 spiro atoms. The standard InChI is InChI=1S/C14H17Cl2N3S/c1-9(15)12-18-11-6-10(16)7-17-13(11)19(12)8-14(20-2)4-3-5-14/h6-7,9H,3-5,8H2,1-2H3. The second kappa shape index (κ2) is 5.39. The number of thioether (sulfide) groups is 1. The lowest BCUT2D eigenvalue weighted by Crippen LogP contribution is -2.38. The van der Waals surface area contributed by atoms with Gasteiger partial charge in [0.1, 0.15) is 11.3 Å². The summed E-state index contributed by atoms with van der Waals surface area (Å²) >= 11 is 14.3. The smallest absolute Gasteiger partial charge is 0.160 e. The van der Waals surface area contributed by atoms with Gasteiger partial charge in [0.25, 0.3) is 0 Å². The molecule has 1 atom stereocenters. The first-order chi connectivity index (χ1) is 9.54. The van der Waals surface area contributed by atoms with E-state index < -0.39 is 0 Å². The van der Waals surface area contributed by atoms with Crippen molar-refractivity contribution in [1.82, 2.24) is 14.5 Å². The third-order valence-corrected chi connectivity index (χ3v) is 5.89. The summed E-state index contributed by atoms with van der Waals surface area (Å²) in [6.45, 7) is 2.87. The summed E-state index contributed by atoms with van der Waals surface area (Å²) in [7, 11) is 0. The third kappa shape index (κ3) is 2.42. The summed E-state index contributed by atoms with van der Waals surface area (Å²) in [6, 6.07) is 1.86. The number of imidazole rings is 1. The lowest BCUT2D eigenvalue weighted by molar-refractivity contribution is 0.321. The van der Waals surface area contributed by atoms with Crippen molar-refractivity contribution >= 4 is 46.1 Å². The van der Waals surface area contributed by atoms with E-state index >= 15 is 0 Å². The van der Waals surface area contributed by atoms with Gasteiger partial charge in [0.2, 0.25) is 0 Å². The van der Waals surface area contributed by atoms with Crippen molar-refractivity contribution in [2.45, 2.75) is 42.9 Å². The highest BCUT2D eigenvalue weighted by atomic mass is 35.5. The number of rotatable bonds is 4. The fourth-order valence-corrected chi connectivity index (χ4v) is 4.02. The van der Waals surface area contributed by atoms with Gasteiger partial charge in [-0.25, -0.2) is 9.97 Å². The second-order valence-electron chi connectivity index (χ2n) is 5.41. The van der Waals surface area contributed by atoms with Gasteiger partial charge in [-0.3, -0.25) is 0 Å². The van der Waals surface area contributed by atoms with E-state index in [1.54, 1.807) is 6.20 Å². The van der Waals surface area contributed by atoms with E-state index in [-0.39, 0.29) is 5.38 Å². The number of halogens is 2. The van der Waals surface area contributed by atoms with Crippen LogP contribution in [-0.4, -0.2) is 25.5 Å². The molecule has 0 saturated heterocycles. The Kier molecular flexibility index (Phi) is 3.91. The van der Waals surface area contributed by atoms with Gasteiger partial charge in [-0.2, -0.15) is 11.8 Å². The normalized spacial score (nSPS) is 19.0. The lowest BCUT2D eigenvalue weighted by Gasteiger charge is -2.41. The van der Waals surface area contributed by atoms with Gasteiger partial charge in [0.05, 0.1) is 10.4 Å². The summed E-state index contributed by atoms with van der Waals surface area (Å²) in [6.07, 6.45) is 7.66. The molecule has 3 nitrogen and oxygen atoms in total. The Balaban J connectivity index is 2.09. The van der Waals surface area contributed by atoms with E-state index in [1.807, 2.05) is 24.8 Å². The zero-order chi connectivity index (χ0) is 14.3. The van der Waals surface area contributed by atoms with Crippen molar-refractivity contribution in [3.05, 3.63) is 23.1 Å². The van der Waals surface area contributed by atoms with Crippen LogP contribution in [0.3, 0.4) is 0 Å². The minimum atomic E-state index is -0.137. The van der Waals surface area contributed by atoms with Crippen LogP contribution in [0.4, 0.5) is 0 Å². The molecule has 6 heteroatoms. The molecule has 1 saturated carbocycles. The fourth-order valence-electron chi connectivity index (χ4n) is 2.75. The largest absolute Gasteiger partial charge is 0.310 e. The van der Waals surface area contributed by atoms with Crippen molar-refractivity contribution in [2.24, 2.45) is 0 Å². The van der Waals surface area contributed by atoms with Gasteiger partial charge >= 0.3 is 0 Å². The van der Waals surface area contributed by atoms with E-state index in [0.717, 1.165) is 23.5 Å².